The number of piperidine rings is 1. The molecule has 0 saturated carbocycles. The van der Waals surface area contributed by atoms with Gasteiger partial charge in [-0.1, -0.05) is 19.1 Å². The molecule has 0 radical (unpaired) electrons. The van der Waals surface area contributed by atoms with Gasteiger partial charge in [0.2, 0.25) is 0 Å². The van der Waals surface area contributed by atoms with Crippen LogP contribution in [0, 0.1) is 5.92 Å². The summed E-state index contributed by atoms with van der Waals surface area (Å²) in [5.41, 5.74) is 2.96. The number of amides is 2. The van der Waals surface area contributed by atoms with Crippen molar-refractivity contribution in [3.05, 3.63) is 54.4 Å². The highest BCUT2D eigenvalue weighted by atomic mass is 16.2. The van der Waals surface area contributed by atoms with Gasteiger partial charge in [0, 0.05) is 31.5 Å². The lowest BCUT2D eigenvalue weighted by Crippen LogP contribution is -2.41. The largest absolute Gasteiger partial charge is 0.370 e. The fourth-order valence-electron chi connectivity index (χ4n) is 3.27. The molecule has 0 unspecified atom stereocenters. The monoisotopic (exact) mass is 366 g/mol. The van der Waals surface area contributed by atoms with E-state index in [1.165, 1.54) is 5.56 Å². The van der Waals surface area contributed by atoms with Gasteiger partial charge in [-0.15, -0.1) is 0 Å². The number of rotatable bonds is 5. The molecule has 142 valence electrons. The first-order chi connectivity index (χ1) is 13.2. The molecule has 1 aromatic heterocycles. The molecule has 6 nitrogen and oxygen atoms in total. The van der Waals surface area contributed by atoms with Crippen LogP contribution in [0.5, 0.6) is 0 Å². The summed E-state index contributed by atoms with van der Waals surface area (Å²) in [6.07, 6.45) is 6.55. The smallest absolute Gasteiger partial charge is 0.313 e. The van der Waals surface area contributed by atoms with Crippen LogP contribution in [0.2, 0.25) is 0 Å². The van der Waals surface area contributed by atoms with Crippen LogP contribution >= 0.6 is 0 Å². The third kappa shape index (κ3) is 5.29. The maximum atomic E-state index is 12.1. The molecule has 2 aromatic rings. The van der Waals surface area contributed by atoms with E-state index in [0.29, 0.717) is 18.2 Å². The van der Waals surface area contributed by atoms with Crippen LogP contribution in [0.25, 0.3) is 0 Å². The van der Waals surface area contributed by atoms with Gasteiger partial charge < -0.3 is 15.5 Å². The number of aromatic nitrogens is 1. The zero-order valence-corrected chi connectivity index (χ0v) is 15.6. The zero-order valence-electron chi connectivity index (χ0n) is 15.6. The molecule has 0 bridgehead atoms. The fourth-order valence-corrected chi connectivity index (χ4v) is 3.27. The minimum atomic E-state index is -0.618. The Bertz CT molecular complexity index is 754. The third-order valence-corrected chi connectivity index (χ3v) is 5.00. The summed E-state index contributed by atoms with van der Waals surface area (Å²) < 4.78 is 0. The number of carbonyl (C=O) groups excluding carboxylic acids is 2. The predicted molar refractivity (Wildman–Crippen MR) is 107 cm³/mol. The molecular weight excluding hydrogens is 340 g/mol. The average molecular weight is 366 g/mol. The molecule has 1 saturated heterocycles. The molecule has 2 heterocycles. The second-order valence-electron chi connectivity index (χ2n) is 6.86. The van der Waals surface area contributed by atoms with Gasteiger partial charge in [-0.05, 0) is 55.0 Å². The maximum Gasteiger partial charge on any atom is 0.313 e. The Morgan fingerprint density at radius 1 is 1.11 bits per heavy atom. The third-order valence-electron chi connectivity index (χ3n) is 5.00. The quantitative estimate of drug-likeness (QED) is 0.798. The van der Waals surface area contributed by atoms with Crippen LogP contribution in [0.3, 0.4) is 0 Å². The minimum absolute atomic E-state index is 0.388. The molecule has 1 aliphatic heterocycles. The van der Waals surface area contributed by atoms with Gasteiger partial charge in [-0.3, -0.25) is 14.6 Å². The summed E-state index contributed by atoms with van der Waals surface area (Å²) in [5.74, 6) is -0.810. The molecule has 0 atom stereocenters. The lowest BCUT2D eigenvalue weighted by atomic mass is 9.96. The van der Waals surface area contributed by atoms with Crippen molar-refractivity contribution in [2.24, 2.45) is 5.92 Å². The summed E-state index contributed by atoms with van der Waals surface area (Å²) in [4.78, 5) is 30.6. The van der Waals surface area contributed by atoms with Gasteiger partial charge >= 0.3 is 11.8 Å². The number of carbonyl (C=O) groups is 2. The Morgan fingerprint density at radius 3 is 2.48 bits per heavy atom. The number of nitrogens with one attached hydrogen (secondary N) is 2. The van der Waals surface area contributed by atoms with E-state index in [0.717, 1.165) is 38.0 Å². The average Bonchev–Trinajstić information content (AvgIpc) is 2.73. The number of aryl methyl sites for hydroxylation is 1. The molecule has 6 heteroatoms. The van der Waals surface area contributed by atoms with Crippen molar-refractivity contribution in [3.8, 4) is 0 Å². The molecule has 27 heavy (non-hydrogen) atoms. The first kappa shape index (κ1) is 18.9. The molecule has 0 aliphatic carbocycles. The van der Waals surface area contributed by atoms with Gasteiger partial charge in [-0.25, -0.2) is 0 Å². The van der Waals surface area contributed by atoms with Gasteiger partial charge in [0.1, 0.15) is 0 Å². The molecule has 2 N–H and O–H groups in total. The number of anilines is 2. The highest BCUT2D eigenvalue weighted by molar-refractivity contribution is 6.39. The van der Waals surface area contributed by atoms with Crippen LogP contribution in [-0.4, -0.2) is 36.4 Å². The topological polar surface area (TPSA) is 74.3 Å². The highest BCUT2D eigenvalue weighted by Gasteiger charge is 2.21. The van der Waals surface area contributed by atoms with Crippen LogP contribution in [-0.2, 0) is 16.0 Å². The maximum absolute atomic E-state index is 12.1. The number of hydrogen-bond donors (Lipinski definition) is 2. The van der Waals surface area contributed by atoms with Crippen LogP contribution in [0.1, 0.15) is 25.3 Å². The van der Waals surface area contributed by atoms with Crippen molar-refractivity contribution >= 4 is 23.2 Å². The van der Waals surface area contributed by atoms with E-state index in [1.807, 2.05) is 36.5 Å². The van der Waals surface area contributed by atoms with Crippen molar-refractivity contribution in [3.63, 3.8) is 0 Å². The van der Waals surface area contributed by atoms with Crippen molar-refractivity contribution in [2.45, 2.75) is 26.2 Å². The fraction of sp³-hybridized carbons (Fsp3) is 0.381. The number of hydrogen-bond acceptors (Lipinski definition) is 4. The summed E-state index contributed by atoms with van der Waals surface area (Å²) in [5, 5.41) is 5.41. The summed E-state index contributed by atoms with van der Waals surface area (Å²) in [6.45, 7) is 4.47. The normalized spacial score (nSPS) is 14.6. The van der Waals surface area contributed by atoms with E-state index in [1.54, 1.807) is 6.20 Å². The molecule has 2 amide bonds. The van der Waals surface area contributed by atoms with E-state index in [-0.39, 0.29) is 0 Å². The van der Waals surface area contributed by atoms with E-state index < -0.39 is 11.8 Å². The summed E-state index contributed by atoms with van der Waals surface area (Å²) >= 11 is 0. The predicted octanol–water partition coefficient (Wildman–Crippen LogP) is 2.62. The van der Waals surface area contributed by atoms with Crippen LogP contribution < -0.4 is 15.5 Å². The van der Waals surface area contributed by atoms with Crippen LogP contribution in [0.15, 0.2) is 48.8 Å². The molecular formula is C21H26N4O2. The van der Waals surface area contributed by atoms with E-state index in [9.17, 15) is 9.59 Å². The van der Waals surface area contributed by atoms with Gasteiger partial charge in [-0.2, -0.15) is 0 Å². The molecule has 1 aliphatic rings. The Labute approximate surface area is 160 Å². The second kappa shape index (κ2) is 9.16. The van der Waals surface area contributed by atoms with Crippen molar-refractivity contribution < 1.29 is 9.59 Å². The van der Waals surface area contributed by atoms with Gasteiger partial charge in [0.25, 0.3) is 0 Å². The van der Waals surface area contributed by atoms with E-state index in [4.69, 9.17) is 0 Å². The Morgan fingerprint density at radius 2 is 1.85 bits per heavy atom. The number of nitrogens with zero attached hydrogens (tertiary/aromatic N) is 2. The van der Waals surface area contributed by atoms with E-state index in [2.05, 4.69) is 33.5 Å². The van der Waals surface area contributed by atoms with Crippen molar-refractivity contribution in [1.29, 1.82) is 0 Å². The standard InChI is InChI=1S/C21H26N4O2/c1-2-16-5-7-18(8-6-16)24-21(27)20(26)23-14-17-9-12-25(13-10-17)19-4-3-11-22-15-19/h3-8,11,15,17H,2,9-10,12-14H2,1H3,(H,23,26)(H,24,27). The van der Waals surface area contributed by atoms with Crippen molar-refractivity contribution in [2.75, 3.05) is 29.9 Å². The SMILES string of the molecule is CCc1ccc(NC(=O)C(=O)NCC2CCN(c3cccnc3)CC2)cc1. The first-order valence-electron chi connectivity index (χ1n) is 9.49. The minimum Gasteiger partial charge on any atom is -0.370 e. The Hall–Kier alpha value is -2.89. The van der Waals surface area contributed by atoms with Gasteiger partial charge in [0.05, 0.1) is 11.9 Å². The molecule has 1 aromatic carbocycles. The zero-order chi connectivity index (χ0) is 19.1. The molecule has 1 fully saturated rings. The first-order valence-corrected chi connectivity index (χ1v) is 9.49. The van der Waals surface area contributed by atoms with Crippen molar-refractivity contribution in [1.82, 2.24) is 10.3 Å². The van der Waals surface area contributed by atoms with Gasteiger partial charge in [0.15, 0.2) is 0 Å². The lowest BCUT2D eigenvalue weighted by Gasteiger charge is -2.33. The summed E-state index contributed by atoms with van der Waals surface area (Å²) in [7, 11) is 0. The lowest BCUT2D eigenvalue weighted by molar-refractivity contribution is -0.136. The molecule has 3 rings (SSSR count). The highest BCUT2D eigenvalue weighted by Crippen LogP contribution is 2.22. The van der Waals surface area contributed by atoms with Crippen LogP contribution in [0.4, 0.5) is 11.4 Å². The Balaban J connectivity index is 1.40. The number of benzene rings is 1. The Kier molecular flexibility index (Phi) is 6.41. The number of pyridine rings is 1. The summed E-state index contributed by atoms with van der Waals surface area (Å²) in [6, 6.07) is 11.5. The van der Waals surface area contributed by atoms with E-state index >= 15 is 0 Å². The molecule has 0 spiro atoms. The second-order valence-corrected chi connectivity index (χ2v) is 6.86.